The topological polar surface area (TPSA) is 495 Å². The van der Waals surface area contributed by atoms with Crippen molar-refractivity contribution in [3.63, 3.8) is 0 Å². The zero-order chi connectivity index (χ0) is 93.8. The minimum Gasteiger partial charge on any atom is -0.508 e. The molecule has 0 amide bonds. The summed E-state index contributed by atoms with van der Waals surface area (Å²) in [6.45, 7) is 19.9. The Morgan fingerprint density at radius 1 is 0.638 bits per heavy atom. The van der Waals surface area contributed by atoms with Crippen LogP contribution in [0.25, 0.3) is 6.08 Å². The number of aliphatic carboxylic acids is 1. The van der Waals surface area contributed by atoms with Gasteiger partial charge in [-0.15, -0.1) is 0 Å². The number of esters is 2. The van der Waals surface area contributed by atoms with E-state index in [4.69, 9.17) is 151 Å². The average molecular weight is 1890 g/mol. The Morgan fingerprint density at radius 2 is 1.35 bits per heavy atom. The quantitative estimate of drug-likeness (QED) is 0.0266. The summed E-state index contributed by atoms with van der Waals surface area (Å²) in [7, 11) is 6.82. The molecule has 0 unspecified atom stereocenters. The molecule has 130 heavy (non-hydrogen) atoms. The fourth-order valence-corrected chi connectivity index (χ4v) is 20.0. The predicted molar refractivity (Wildman–Crippen MR) is 444 cm³/mol. The summed E-state index contributed by atoms with van der Waals surface area (Å²) in [5.74, 6) is -8.07. The van der Waals surface area contributed by atoms with Gasteiger partial charge in [0.25, 0.3) is 5.97 Å². The van der Waals surface area contributed by atoms with E-state index >= 15 is 0 Å². The van der Waals surface area contributed by atoms with E-state index in [1.54, 1.807) is 53.9 Å². The minimum absolute atomic E-state index is 0.0722. The number of ether oxygens (including phenoxy) is 26. The molecule has 37 atom stereocenters. The Labute approximate surface area is 761 Å². The molecule has 3 aromatic carbocycles. The Morgan fingerprint density at radius 3 is 2.05 bits per heavy atom. The van der Waals surface area contributed by atoms with Crippen molar-refractivity contribution in [2.75, 3.05) is 62.2 Å². The van der Waals surface area contributed by atoms with Gasteiger partial charge in [0, 0.05) is 47.3 Å². The number of aliphatic hydroxyl groups is 5. The highest BCUT2D eigenvalue weighted by Crippen LogP contribution is 2.53. The van der Waals surface area contributed by atoms with E-state index < -0.39 is 255 Å². The van der Waals surface area contributed by atoms with Gasteiger partial charge in [-0.1, -0.05) is 79.4 Å². The minimum atomic E-state index is -2.07. The Kier molecular flexibility index (Phi) is 31.9. The summed E-state index contributed by atoms with van der Waals surface area (Å²) in [6, 6.07) is 8.21. The third-order valence-electron chi connectivity index (χ3n) is 26.3. The lowest BCUT2D eigenvalue weighted by Crippen LogP contribution is -2.68. The van der Waals surface area contributed by atoms with E-state index in [-0.39, 0.29) is 89.7 Å². The molecule has 728 valence electrons. The Hall–Kier alpha value is -5.61. The second kappa shape index (κ2) is 41.4. The Balaban J connectivity index is 0.628. The number of hydrogen-bond donors (Lipinski definition) is 10. The Bertz CT molecular complexity index is 4410. The molecule has 11 fully saturated rings. The standard InChI is InChI=1S/C88H123Cl2NO39/c1-18-36(2)23-25-50(47-26-37(3)22-24-45(47)20-19-21-55(95)96)129-91-85(11)31-57(114-43(9)76(85)108-17)117-51-29-56(113-40(6)67(51)121-80(103)59-39(5)60(89)62(97)61(90)72(59)106-15)120-66-42(8)125-87(30-49(66)94)128-77-44(10)116-84(75(101)86(77,12)130-87)123-73-65(100)82(115-41(7)68(73)105-14)122-69-52(32-104-13)119-83(74(107-16)63(69)98)124-81-64(99)70-54(33-109-81)126-88(127-70)78-71(110-35-111-78)53(34-112-88)118-79(102)58-38(4)27-46(92)28-48(58)93/h19-20,22,24,26-28,36,40-44,49-54,56-57,63-71,73-78,81-84,91-94,97-101H,18,21,23,25,29-35H2,1-17H3,(H,95,96)/t36-,40+,41+,42+,43-,44+,49+,50-,51+,52+,53+,54-,56-,57-,63-,64+,65+,66+,67+,68-,69+,70+,71-,73+,74-,75+,76-,77+,78+,81-,82-,83-,84-,85-,86+,87+,88+/m0/s1. The van der Waals surface area contributed by atoms with Gasteiger partial charge in [0.15, 0.2) is 67.6 Å². The molecule has 0 bridgehead atoms. The van der Waals surface area contributed by atoms with Gasteiger partial charge in [-0.2, -0.15) is 5.48 Å². The van der Waals surface area contributed by atoms with Crippen molar-refractivity contribution in [1.29, 1.82) is 0 Å². The first kappa shape index (κ1) is 100. The summed E-state index contributed by atoms with van der Waals surface area (Å²) >= 11 is 13.1. The molecular weight excluding hydrogens is 1770 g/mol. The van der Waals surface area contributed by atoms with Crippen LogP contribution in [0, 0.1) is 26.7 Å². The summed E-state index contributed by atoms with van der Waals surface area (Å²) in [5, 5.41) is 102. The molecule has 0 aliphatic carbocycles. The van der Waals surface area contributed by atoms with Gasteiger partial charge in [0.1, 0.15) is 144 Å². The number of fused-ring (bicyclic) bond motifs is 4. The van der Waals surface area contributed by atoms with E-state index in [1.807, 2.05) is 39.0 Å². The van der Waals surface area contributed by atoms with Crippen LogP contribution in [-0.4, -0.2) is 339 Å². The summed E-state index contributed by atoms with van der Waals surface area (Å²) in [6.07, 6.45) is -34.6. The van der Waals surface area contributed by atoms with Crippen LogP contribution in [0.15, 0.2) is 36.4 Å². The number of aryl methyl sites for hydroxylation is 2. The smallest absolute Gasteiger partial charge is 0.342 e. The first-order valence-electron chi connectivity index (χ1n) is 43.8. The number of rotatable bonds is 31. The third-order valence-corrected chi connectivity index (χ3v) is 27.1. The van der Waals surface area contributed by atoms with E-state index in [1.165, 1.54) is 48.4 Å². The van der Waals surface area contributed by atoms with Crippen LogP contribution in [0.2, 0.25) is 10.0 Å². The van der Waals surface area contributed by atoms with Crippen molar-refractivity contribution in [2.24, 2.45) is 5.92 Å². The number of nitrogens with one attached hydrogen (secondary N) is 1. The fraction of sp³-hybridized carbons (Fsp3) is 0.739. The van der Waals surface area contributed by atoms with Crippen molar-refractivity contribution >= 4 is 47.2 Å². The number of carboxylic acids is 1. The molecular formula is C88H123Cl2NO39. The number of benzene rings is 3. The molecule has 3 aromatic rings. The number of phenols is 3. The maximum Gasteiger partial charge on any atom is 0.342 e. The first-order valence-corrected chi connectivity index (χ1v) is 44.5. The lowest BCUT2D eigenvalue weighted by atomic mass is 9.85. The molecule has 0 saturated carbocycles. The number of hydrogen-bond acceptors (Lipinski definition) is 39. The first-order chi connectivity index (χ1) is 61.7. The van der Waals surface area contributed by atoms with Crippen molar-refractivity contribution in [2.45, 2.75) is 348 Å². The van der Waals surface area contributed by atoms with Crippen LogP contribution in [-0.2, 0) is 128 Å². The fourth-order valence-electron chi connectivity index (χ4n) is 19.5. The number of methoxy groups -OCH3 is 5. The summed E-state index contributed by atoms with van der Waals surface area (Å²) < 4.78 is 163. The SMILES string of the molecule is CC[C@H](C)CC[C@H](ON[C@@]1(C)C[C@H](O[C@@H]2C[C@H](O[C@H]3[C@H](O)C[C@]4(O[C@@H]5[C@@H](C)O[C@@H](O[C@@H]6[C@@H](O)[C@H](O[C@H]7[C@H](O)[C@H](OC)[C@H](O[C@@H]8OC[C@@H]9O[C@@]%10(OC[C@@H](OC(=O)c%11c(C)cc(O)cc%11O)[C@@H]%11OCO[C@H]%11%10)O[C@H]9[C@H]8O)O[C@@H]7COC)O[C@H](C)[C@@H]6OC)[C@@H](O)[C@@]5(C)O4)O[C@@H]3C)O[C@H](C)[C@H]2OC(=O)c2c(C)c(Cl)c(O)c(Cl)c2OC)O[C@@H](C)[C@@H]1OC)c1cc(C)ccc1C=CCC(=O)O. The van der Waals surface area contributed by atoms with Crippen LogP contribution in [0.4, 0.5) is 0 Å². The molecule has 11 heterocycles. The predicted octanol–water partition coefficient (Wildman–Crippen LogP) is 5.87. The van der Waals surface area contributed by atoms with Crippen molar-refractivity contribution in [3.05, 3.63) is 85.4 Å². The molecule has 11 saturated heterocycles. The molecule has 40 nitrogen and oxygen atoms in total. The normalized spacial score (nSPS) is 41.3. The monoisotopic (exact) mass is 1890 g/mol. The molecule has 10 N–H and O–H groups in total. The molecule has 14 rings (SSSR count). The van der Waals surface area contributed by atoms with Gasteiger partial charge in [0.05, 0.1) is 87.0 Å². The highest BCUT2D eigenvalue weighted by atomic mass is 35.5. The largest absolute Gasteiger partial charge is 0.508 e. The molecule has 11 aliphatic rings. The van der Waals surface area contributed by atoms with E-state index in [2.05, 4.69) is 19.3 Å². The van der Waals surface area contributed by atoms with Gasteiger partial charge in [-0.05, 0) is 116 Å². The highest BCUT2D eigenvalue weighted by Gasteiger charge is 2.70. The maximum atomic E-state index is 14.7. The molecule has 0 aromatic heterocycles. The van der Waals surface area contributed by atoms with Crippen molar-refractivity contribution in [3.8, 4) is 23.0 Å². The zero-order valence-corrected chi connectivity index (χ0v) is 76.9. The summed E-state index contributed by atoms with van der Waals surface area (Å²) in [4.78, 5) is 46.6. The number of phenolic OH excluding ortho intramolecular Hbond substituents is 3. The van der Waals surface area contributed by atoms with Crippen LogP contribution < -0.4 is 10.2 Å². The number of halogens is 2. The second-order valence-electron chi connectivity index (χ2n) is 35.6. The van der Waals surface area contributed by atoms with Crippen LogP contribution in [0.3, 0.4) is 0 Å². The molecule has 42 heteroatoms. The van der Waals surface area contributed by atoms with Crippen molar-refractivity contribution < 1.29 is 188 Å². The second-order valence-corrected chi connectivity index (χ2v) is 36.4. The van der Waals surface area contributed by atoms with Crippen LogP contribution >= 0.6 is 23.2 Å². The number of carbonyl (C=O) groups excluding carboxylic acids is 2. The zero-order valence-electron chi connectivity index (χ0n) is 75.4. The van der Waals surface area contributed by atoms with E-state index in [9.17, 15) is 60.3 Å². The molecule has 11 aliphatic heterocycles. The lowest BCUT2D eigenvalue weighted by molar-refractivity contribution is -0.415. The van der Waals surface area contributed by atoms with E-state index in [0.717, 1.165) is 35.6 Å². The van der Waals surface area contributed by atoms with Crippen LogP contribution in [0.1, 0.15) is 162 Å². The van der Waals surface area contributed by atoms with E-state index in [0.29, 0.717) is 12.3 Å². The molecule has 2 spiro atoms. The summed E-state index contributed by atoms with van der Waals surface area (Å²) in [5.41, 5.74) is 3.16. The number of carbonyl (C=O) groups is 3. The lowest BCUT2D eigenvalue weighted by Gasteiger charge is -2.50. The maximum absolute atomic E-state index is 14.7. The third kappa shape index (κ3) is 20.3. The van der Waals surface area contributed by atoms with Gasteiger partial charge in [-0.25, -0.2) is 9.59 Å². The molecule has 0 radical (unpaired) electrons. The number of aromatic hydroxyl groups is 3. The number of hydroxylamine groups is 1. The van der Waals surface area contributed by atoms with Gasteiger partial charge in [0.2, 0.25) is 0 Å². The van der Waals surface area contributed by atoms with Crippen LogP contribution in [0.5, 0.6) is 23.0 Å². The van der Waals surface area contributed by atoms with Crippen molar-refractivity contribution in [1.82, 2.24) is 5.48 Å². The van der Waals surface area contributed by atoms with Gasteiger partial charge >= 0.3 is 23.9 Å². The van der Waals surface area contributed by atoms with Gasteiger partial charge in [-0.3, -0.25) is 9.63 Å². The average Bonchev–Trinajstić information content (AvgIpc) is 1.56. The number of aliphatic hydroxyl groups excluding tert-OH is 5. The highest BCUT2D eigenvalue weighted by molar-refractivity contribution is 6.39. The van der Waals surface area contributed by atoms with Gasteiger partial charge < -0.3 is 169 Å². The number of carboxylic acid groups (broad SMARTS) is 1.